The van der Waals surface area contributed by atoms with Gasteiger partial charge >= 0.3 is 0 Å². The number of carbonyl (C=O) groups excluding carboxylic acids is 1. The number of nitriles is 1. The summed E-state index contributed by atoms with van der Waals surface area (Å²) in [5.74, 6) is 0.178. The van der Waals surface area contributed by atoms with E-state index in [1.807, 2.05) is 43.0 Å². The van der Waals surface area contributed by atoms with Crippen molar-refractivity contribution in [2.45, 2.75) is 45.6 Å². The van der Waals surface area contributed by atoms with E-state index >= 15 is 0 Å². The third kappa shape index (κ3) is 4.73. The summed E-state index contributed by atoms with van der Waals surface area (Å²) in [5, 5.41) is 10.9. The topological polar surface area (TPSA) is 71.2 Å². The molecular formula is C26H30N4O2S. The van der Waals surface area contributed by atoms with Crippen LogP contribution in [-0.2, 0) is 9.53 Å². The summed E-state index contributed by atoms with van der Waals surface area (Å²) in [4.78, 5) is 19.8. The molecule has 1 aromatic carbocycles. The van der Waals surface area contributed by atoms with Crippen molar-refractivity contribution in [3.05, 3.63) is 57.9 Å². The molecule has 1 saturated heterocycles. The highest BCUT2D eigenvalue weighted by molar-refractivity contribution is 7.18. The summed E-state index contributed by atoms with van der Waals surface area (Å²) in [7, 11) is 1.69. The summed E-state index contributed by atoms with van der Waals surface area (Å²) in [6.45, 7) is 8.05. The second-order valence-corrected chi connectivity index (χ2v) is 9.82. The van der Waals surface area contributed by atoms with Crippen molar-refractivity contribution in [1.29, 1.82) is 5.26 Å². The van der Waals surface area contributed by atoms with Gasteiger partial charge in [0.05, 0.1) is 27.9 Å². The van der Waals surface area contributed by atoms with Gasteiger partial charge in [-0.25, -0.2) is 4.98 Å². The molecule has 1 aliphatic heterocycles. The van der Waals surface area contributed by atoms with Crippen molar-refractivity contribution in [1.82, 2.24) is 14.5 Å². The first-order chi connectivity index (χ1) is 15.9. The number of fused-ring (bicyclic) bond motifs is 1. The fraction of sp³-hybridized carbons (Fsp3) is 0.423. The van der Waals surface area contributed by atoms with Crippen LogP contribution in [0.1, 0.15) is 53.7 Å². The van der Waals surface area contributed by atoms with Crippen molar-refractivity contribution in [2.24, 2.45) is 0 Å². The molecule has 1 amide bonds. The molecule has 0 radical (unpaired) electrons. The van der Waals surface area contributed by atoms with E-state index < -0.39 is 0 Å². The van der Waals surface area contributed by atoms with Crippen LogP contribution in [-0.4, -0.2) is 47.2 Å². The lowest BCUT2D eigenvalue weighted by molar-refractivity contribution is -0.127. The van der Waals surface area contributed by atoms with E-state index in [1.54, 1.807) is 24.5 Å². The number of likely N-dealkylation sites (tertiary alicyclic amines) is 1. The molecule has 0 N–H and O–H groups in total. The number of hydrogen-bond acceptors (Lipinski definition) is 5. The van der Waals surface area contributed by atoms with Gasteiger partial charge in [-0.05, 0) is 63.5 Å². The van der Waals surface area contributed by atoms with Gasteiger partial charge in [0.15, 0.2) is 0 Å². The molecule has 7 heteroatoms. The summed E-state index contributed by atoms with van der Waals surface area (Å²) < 4.78 is 8.70. The first-order valence-electron chi connectivity index (χ1n) is 11.4. The zero-order chi connectivity index (χ0) is 23.5. The minimum Gasteiger partial charge on any atom is -0.383 e. The predicted molar refractivity (Wildman–Crippen MR) is 132 cm³/mol. The van der Waals surface area contributed by atoms with Gasteiger partial charge in [-0.2, -0.15) is 5.26 Å². The third-order valence-corrected chi connectivity index (χ3v) is 7.66. The van der Waals surface area contributed by atoms with Crippen molar-refractivity contribution in [3.8, 4) is 6.07 Å². The van der Waals surface area contributed by atoms with E-state index in [9.17, 15) is 10.1 Å². The fourth-order valence-electron chi connectivity index (χ4n) is 4.80. The van der Waals surface area contributed by atoms with Crippen LogP contribution in [0.2, 0.25) is 0 Å². The molecule has 6 nitrogen and oxygen atoms in total. The number of thiazole rings is 1. The molecule has 0 aliphatic carbocycles. The normalized spacial score (nSPS) is 16.2. The number of hydrogen-bond donors (Lipinski definition) is 0. The van der Waals surface area contributed by atoms with Gasteiger partial charge in [-0.15, -0.1) is 11.3 Å². The fourth-order valence-corrected chi connectivity index (χ4v) is 5.94. The van der Waals surface area contributed by atoms with Crippen LogP contribution in [0.25, 0.3) is 16.3 Å². The van der Waals surface area contributed by atoms with Gasteiger partial charge < -0.3 is 14.2 Å². The summed E-state index contributed by atoms with van der Waals surface area (Å²) in [6, 6.07) is 12.6. The Balaban J connectivity index is 1.47. The highest BCUT2D eigenvalue weighted by Gasteiger charge is 2.28. The lowest BCUT2D eigenvalue weighted by Crippen LogP contribution is -2.38. The molecule has 0 bridgehead atoms. The highest BCUT2D eigenvalue weighted by Crippen LogP contribution is 2.34. The SMILES string of the molecule is COCC(C)n1c(C)cc(/C=C(\C#N)C(=O)N2CCC(c3nc4ccccc4s3)CC2)c1C. The zero-order valence-corrected chi connectivity index (χ0v) is 20.5. The van der Waals surface area contributed by atoms with Crippen LogP contribution in [0.15, 0.2) is 35.9 Å². The van der Waals surface area contributed by atoms with E-state index in [0.717, 1.165) is 40.3 Å². The van der Waals surface area contributed by atoms with Gasteiger partial charge in [0, 0.05) is 37.5 Å². The Kier molecular flexibility index (Phi) is 6.96. The average Bonchev–Trinajstić information content (AvgIpc) is 3.37. The molecule has 0 spiro atoms. The zero-order valence-electron chi connectivity index (χ0n) is 19.7. The first-order valence-corrected chi connectivity index (χ1v) is 12.2. The van der Waals surface area contributed by atoms with E-state index in [0.29, 0.717) is 25.6 Å². The number of aryl methyl sites for hydroxylation is 1. The number of amides is 1. The Labute approximate surface area is 199 Å². The maximum Gasteiger partial charge on any atom is 0.264 e. The van der Waals surface area contributed by atoms with Crippen molar-refractivity contribution >= 4 is 33.5 Å². The van der Waals surface area contributed by atoms with E-state index in [2.05, 4.69) is 23.6 Å². The van der Waals surface area contributed by atoms with E-state index in [-0.39, 0.29) is 17.5 Å². The van der Waals surface area contributed by atoms with Gasteiger partial charge in [-0.3, -0.25) is 4.79 Å². The Morgan fingerprint density at radius 1 is 1.33 bits per heavy atom. The molecule has 33 heavy (non-hydrogen) atoms. The summed E-state index contributed by atoms with van der Waals surface area (Å²) in [5.41, 5.74) is 4.26. The smallest absolute Gasteiger partial charge is 0.264 e. The van der Waals surface area contributed by atoms with E-state index in [4.69, 9.17) is 9.72 Å². The minimum atomic E-state index is -0.185. The minimum absolute atomic E-state index is 0.180. The first kappa shape index (κ1) is 23.2. The van der Waals surface area contributed by atoms with Crippen molar-refractivity contribution in [2.75, 3.05) is 26.8 Å². The summed E-state index contributed by atoms with van der Waals surface area (Å²) >= 11 is 1.75. The quantitative estimate of drug-likeness (QED) is 0.371. The van der Waals surface area contributed by atoms with Crippen LogP contribution in [0.5, 0.6) is 0 Å². The number of carbonyl (C=O) groups is 1. The molecule has 0 saturated carbocycles. The van der Waals surface area contributed by atoms with Gasteiger partial charge in [-0.1, -0.05) is 12.1 Å². The molecule has 1 fully saturated rings. The largest absolute Gasteiger partial charge is 0.383 e. The average molecular weight is 463 g/mol. The highest BCUT2D eigenvalue weighted by atomic mass is 32.1. The van der Waals surface area contributed by atoms with E-state index in [1.165, 1.54) is 4.70 Å². The molecule has 1 atom stereocenters. The molecule has 1 unspecified atom stereocenters. The lowest BCUT2D eigenvalue weighted by Gasteiger charge is -2.31. The Bertz CT molecular complexity index is 1190. The third-order valence-electron chi connectivity index (χ3n) is 6.46. The van der Waals surface area contributed by atoms with Crippen molar-refractivity contribution < 1.29 is 9.53 Å². The second kappa shape index (κ2) is 9.90. The second-order valence-electron chi connectivity index (χ2n) is 8.76. The van der Waals surface area contributed by atoms with Crippen LogP contribution in [0.4, 0.5) is 0 Å². The van der Waals surface area contributed by atoms with Crippen LogP contribution >= 0.6 is 11.3 Å². The van der Waals surface area contributed by atoms with Crippen LogP contribution < -0.4 is 0 Å². The lowest BCUT2D eigenvalue weighted by atomic mass is 9.97. The Morgan fingerprint density at radius 3 is 2.73 bits per heavy atom. The molecule has 1 aliphatic rings. The van der Waals surface area contributed by atoms with Crippen molar-refractivity contribution in [3.63, 3.8) is 0 Å². The van der Waals surface area contributed by atoms with Crippen LogP contribution in [0.3, 0.4) is 0 Å². The van der Waals surface area contributed by atoms with Gasteiger partial charge in [0.25, 0.3) is 5.91 Å². The Morgan fingerprint density at radius 2 is 2.06 bits per heavy atom. The van der Waals surface area contributed by atoms with Gasteiger partial charge in [0.2, 0.25) is 0 Å². The molecule has 3 heterocycles. The number of aromatic nitrogens is 2. The molecule has 3 aromatic rings. The number of nitrogens with zero attached hydrogens (tertiary/aromatic N) is 4. The van der Waals surface area contributed by atoms with Gasteiger partial charge in [0.1, 0.15) is 11.6 Å². The monoisotopic (exact) mass is 462 g/mol. The summed E-state index contributed by atoms with van der Waals surface area (Å²) in [6.07, 6.45) is 3.47. The maximum absolute atomic E-state index is 13.2. The number of rotatable bonds is 6. The molecule has 172 valence electrons. The van der Waals surface area contributed by atoms with Crippen LogP contribution in [0, 0.1) is 25.2 Å². The number of benzene rings is 1. The standard InChI is InChI=1S/C26H30N4O2S/c1-17-13-21(19(3)30(17)18(2)16-32-4)14-22(15-27)26(31)29-11-9-20(10-12-29)25-28-23-7-5-6-8-24(23)33-25/h5-8,13-14,18,20H,9-12,16H2,1-4H3/b22-14+. The predicted octanol–water partition coefficient (Wildman–Crippen LogP) is 5.24. The molecule has 4 rings (SSSR count). The number of para-hydroxylation sites is 1. The number of piperidine rings is 1. The number of ether oxygens (including phenoxy) is 1. The Hall–Kier alpha value is -2.95. The molecule has 2 aromatic heterocycles. The molecular weight excluding hydrogens is 432 g/mol. The maximum atomic E-state index is 13.2. The number of methoxy groups -OCH3 is 1.